The Labute approximate surface area is 152 Å². The third-order valence-corrected chi connectivity index (χ3v) is 4.16. The lowest BCUT2D eigenvalue weighted by atomic mass is 10.1. The number of carbonyl (C=O) groups excluding carboxylic acids is 1. The van der Waals surface area contributed by atoms with Crippen molar-refractivity contribution in [2.75, 3.05) is 6.61 Å². The highest BCUT2D eigenvalue weighted by molar-refractivity contribution is 5.95. The second-order valence-corrected chi connectivity index (χ2v) is 6.31. The zero-order valence-electron chi connectivity index (χ0n) is 15.0. The summed E-state index contributed by atoms with van der Waals surface area (Å²) in [4.78, 5) is 11.3. The van der Waals surface area contributed by atoms with E-state index in [2.05, 4.69) is 5.32 Å². The summed E-state index contributed by atoms with van der Waals surface area (Å²) >= 11 is 0. The van der Waals surface area contributed by atoms with Gasteiger partial charge in [0.2, 0.25) is 0 Å². The molecule has 6 heteroatoms. The van der Waals surface area contributed by atoms with Gasteiger partial charge in [0.15, 0.2) is 0 Å². The van der Waals surface area contributed by atoms with Crippen LogP contribution in [0.25, 0.3) is 0 Å². The lowest BCUT2D eigenvalue weighted by Crippen LogP contribution is -2.29. The molecule has 0 saturated heterocycles. The van der Waals surface area contributed by atoms with E-state index in [9.17, 15) is 13.6 Å². The summed E-state index contributed by atoms with van der Waals surface area (Å²) in [5.41, 5.74) is 6.11. The van der Waals surface area contributed by atoms with Crippen molar-refractivity contribution in [3.05, 3.63) is 65.2 Å². The van der Waals surface area contributed by atoms with Gasteiger partial charge in [-0.3, -0.25) is 4.79 Å². The molecule has 0 aliphatic heterocycles. The summed E-state index contributed by atoms with van der Waals surface area (Å²) in [5, 5.41) is 3.29. The van der Waals surface area contributed by atoms with Crippen LogP contribution in [0.1, 0.15) is 48.7 Å². The summed E-state index contributed by atoms with van der Waals surface area (Å²) < 4.78 is 32.4. The summed E-state index contributed by atoms with van der Waals surface area (Å²) in [5.74, 6) is -1.18. The van der Waals surface area contributed by atoms with Crippen LogP contribution >= 0.6 is 0 Å². The van der Waals surface area contributed by atoms with Gasteiger partial charge in [0.25, 0.3) is 5.91 Å². The summed E-state index contributed by atoms with van der Waals surface area (Å²) in [6, 6.07) is 10.3. The van der Waals surface area contributed by atoms with Gasteiger partial charge in [0.05, 0.1) is 12.2 Å². The molecule has 140 valence electrons. The number of para-hydroxylation sites is 1. The van der Waals surface area contributed by atoms with Crippen LogP contribution in [0.4, 0.5) is 8.78 Å². The molecule has 0 heterocycles. The Balaban J connectivity index is 1.79. The Morgan fingerprint density at radius 2 is 1.92 bits per heavy atom. The van der Waals surface area contributed by atoms with Gasteiger partial charge < -0.3 is 15.8 Å². The van der Waals surface area contributed by atoms with Crippen molar-refractivity contribution in [1.29, 1.82) is 0 Å². The first-order valence-electron chi connectivity index (χ1n) is 8.61. The quantitative estimate of drug-likeness (QED) is 0.664. The first-order chi connectivity index (χ1) is 12.4. The monoisotopic (exact) mass is 362 g/mol. The van der Waals surface area contributed by atoms with E-state index in [0.29, 0.717) is 23.5 Å². The number of ether oxygens (including phenoxy) is 1. The van der Waals surface area contributed by atoms with Gasteiger partial charge >= 0.3 is 0 Å². The standard InChI is InChI=1S/C20H24F2N2O2/c1-13(24-14(2)16-10-9-15(21)12-18(16)22)6-5-11-26-19-8-4-3-7-17(19)20(23)25/h3-4,7-10,12-14,24H,5-6,11H2,1-2H3,(H2,23,25)/t13-,14-/m1/s1. The maximum Gasteiger partial charge on any atom is 0.252 e. The van der Waals surface area contributed by atoms with Gasteiger partial charge in [-0.1, -0.05) is 18.2 Å². The Bertz CT molecular complexity index is 752. The van der Waals surface area contributed by atoms with Gasteiger partial charge in [-0.25, -0.2) is 8.78 Å². The molecule has 1 amide bonds. The largest absolute Gasteiger partial charge is 0.493 e. The fourth-order valence-corrected chi connectivity index (χ4v) is 2.82. The first-order valence-corrected chi connectivity index (χ1v) is 8.61. The van der Waals surface area contributed by atoms with Crippen LogP contribution < -0.4 is 15.8 Å². The zero-order valence-corrected chi connectivity index (χ0v) is 15.0. The SMILES string of the molecule is C[C@H](CCCOc1ccccc1C(N)=O)N[C@H](C)c1ccc(F)cc1F. The van der Waals surface area contributed by atoms with Crippen molar-refractivity contribution >= 4 is 5.91 Å². The lowest BCUT2D eigenvalue weighted by Gasteiger charge is -2.21. The van der Waals surface area contributed by atoms with Gasteiger partial charge in [-0.15, -0.1) is 0 Å². The number of rotatable bonds is 9. The zero-order chi connectivity index (χ0) is 19.1. The highest BCUT2D eigenvalue weighted by atomic mass is 19.1. The van der Waals surface area contributed by atoms with Crippen molar-refractivity contribution in [3.8, 4) is 5.75 Å². The molecule has 0 bridgehead atoms. The number of carbonyl (C=O) groups is 1. The predicted octanol–water partition coefficient (Wildman–Crippen LogP) is 3.96. The van der Waals surface area contributed by atoms with E-state index in [-0.39, 0.29) is 12.1 Å². The molecule has 0 spiro atoms. The highest BCUT2D eigenvalue weighted by Crippen LogP contribution is 2.20. The number of nitrogens with one attached hydrogen (secondary N) is 1. The van der Waals surface area contributed by atoms with Crippen molar-refractivity contribution < 1.29 is 18.3 Å². The summed E-state index contributed by atoms with van der Waals surface area (Å²) in [6.07, 6.45) is 1.55. The van der Waals surface area contributed by atoms with Crippen LogP contribution in [-0.4, -0.2) is 18.6 Å². The summed E-state index contributed by atoms with van der Waals surface area (Å²) in [7, 11) is 0. The van der Waals surface area contributed by atoms with Gasteiger partial charge in [-0.05, 0) is 44.9 Å². The molecular weight excluding hydrogens is 338 g/mol. The Morgan fingerprint density at radius 1 is 1.19 bits per heavy atom. The molecule has 0 aliphatic carbocycles. The minimum absolute atomic E-state index is 0.115. The minimum Gasteiger partial charge on any atom is -0.493 e. The number of hydrogen-bond acceptors (Lipinski definition) is 3. The average Bonchev–Trinajstić information content (AvgIpc) is 2.58. The van der Waals surface area contributed by atoms with E-state index in [4.69, 9.17) is 10.5 Å². The Kier molecular flexibility index (Phi) is 7.09. The number of hydrogen-bond donors (Lipinski definition) is 2. The number of nitrogens with two attached hydrogens (primary N) is 1. The predicted molar refractivity (Wildman–Crippen MR) is 97.1 cm³/mol. The second kappa shape index (κ2) is 9.29. The van der Waals surface area contributed by atoms with E-state index in [1.807, 2.05) is 13.8 Å². The summed E-state index contributed by atoms with van der Waals surface area (Å²) in [6.45, 7) is 4.28. The molecule has 0 unspecified atom stereocenters. The number of benzene rings is 2. The first kappa shape index (κ1) is 19.8. The molecule has 2 aromatic carbocycles. The van der Waals surface area contributed by atoms with E-state index >= 15 is 0 Å². The van der Waals surface area contributed by atoms with Gasteiger partial charge in [-0.2, -0.15) is 0 Å². The van der Waals surface area contributed by atoms with Crippen molar-refractivity contribution in [3.63, 3.8) is 0 Å². The van der Waals surface area contributed by atoms with Crippen molar-refractivity contribution in [2.24, 2.45) is 5.73 Å². The molecule has 0 fully saturated rings. The third kappa shape index (κ3) is 5.52. The third-order valence-electron chi connectivity index (χ3n) is 4.16. The molecule has 3 N–H and O–H groups in total. The molecule has 2 aromatic rings. The molecule has 2 atom stereocenters. The number of amides is 1. The van der Waals surface area contributed by atoms with Gasteiger partial charge in [0, 0.05) is 23.7 Å². The molecule has 0 aromatic heterocycles. The van der Waals surface area contributed by atoms with E-state index < -0.39 is 17.5 Å². The molecule has 2 rings (SSSR count). The number of halogens is 2. The fourth-order valence-electron chi connectivity index (χ4n) is 2.82. The molecular formula is C20H24F2N2O2. The highest BCUT2D eigenvalue weighted by Gasteiger charge is 2.14. The van der Waals surface area contributed by atoms with Gasteiger partial charge in [0.1, 0.15) is 17.4 Å². The van der Waals surface area contributed by atoms with Crippen LogP contribution in [0.5, 0.6) is 5.75 Å². The maximum absolute atomic E-state index is 13.8. The van der Waals surface area contributed by atoms with Crippen molar-refractivity contribution in [1.82, 2.24) is 5.32 Å². The maximum atomic E-state index is 13.8. The molecule has 26 heavy (non-hydrogen) atoms. The van der Waals surface area contributed by atoms with Crippen molar-refractivity contribution in [2.45, 2.75) is 38.8 Å². The topological polar surface area (TPSA) is 64.3 Å². The van der Waals surface area contributed by atoms with Crippen LogP contribution in [0.15, 0.2) is 42.5 Å². The number of primary amides is 1. The fraction of sp³-hybridized carbons (Fsp3) is 0.350. The van der Waals surface area contributed by atoms with E-state index in [0.717, 1.165) is 18.9 Å². The van der Waals surface area contributed by atoms with E-state index in [1.54, 1.807) is 24.3 Å². The minimum atomic E-state index is -0.583. The van der Waals surface area contributed by atoms with E-state index in [1.165, 1.54) is 12.1 Å². The lowest BCUT2D eigenvalue weighted by molar-refractivity contribution is 0.0996. The molecule has 4 nitrogen and oxygen atoms in total. The van der Waals surface area contributed by atoms with Crippen LogP contribution in [0.3, 0.4) is 0 Å². The molecule has 0 saturated carbocycles. The molecule has 0 radical (unpaired) electrons. The molecule has 0 aliphatic rings. The Hall–Kier alpha value is -2.47. The van der Waals surface area contributed by atoms with Crippen LogP contribution in [0, 0.1) is 11.6 Å². The average molecular weight is 362 g/mol. The Morgan fingerprint density at radius 3 is 2.62 bits per heavy atom. The van der Waals surface area contributed by atoms with Crippen LogP contribution in [0.2, 0.25) is 0 Å². The normalized spacial score (nSPS) is 13.2. The van der Waals surface area contributed by atoms with Crippen LogP contribution in [-0.2, 0) is 0 Å². The smallest absolute Gasteiger partial charge is 0.252 e. The second-order valence-electron chi connectivity index (χ2n) is 6.31.